The van der Waals surface area contributed by atoms with E-state index in [4.69, 9.17) is 4.74 Å². The van der Waals surface area contributed by atoms with E-state index < -0.39 is 11.6 Å². The lowest BCUT2D eigenvalue weighted by atomic mass is 10.1. The van der Waals surface area contributed by atoms with E-state index in [2.05, 4.69) is 4.74 Å². The molecular weight excluding hydrogens is 223 g/mol. The molecule has 1 aromatic rings. The Morgan fingerprint density at radius 2 is 2.00 bits per heavy atom. The number of carbonyl (C=O) groups excluding carboxylic acids is 1. The first-order chi connectivity index (χ1) is 7.89. The summed E-state index contributed by atoms with van der Waals surface area (Å²) < 4.78 is 23.4. The van der Waals surface area contributed by atoms with E-state index >= 15 is 0 Å². The van der Waals surface area contributed by atoms with Gasteiger partial charge >= 0.3 is 5.97 Å². The lowest BCUT2D eigenvalue weighted by Gasteiger charge is -2.23. The van der Waals surface area contributed by atoms with Gasteiger partial charge in [-0.25, -0.2) is 9.18 Å². The van der Waals surface area contributed by atoms with Gasteiger partial charge in [0.2, 0.25) is 0 Å². The zero-order chi connectivity index (χ0) is 13.1. The molecular formula is C13H17FO3. The number of aryl methyl sites for hydroxylation is 1. The molecule has 0 aliphatic rings. The third kappa shape index (κ3) is 3.44. The van der Waals surface area contributed by atoms with Gasteiger partial charge in [0.05, 0.1) is 7.11 Å². The Morgan fingerprint density at radius 3 is 2.53 bits per heavy atom. The number of benzene rings is 1. The molecule has 3 nitrogen and oxygen atoms in total. The topological polar surface area (TPSA) is 35.5 Å². The number of hydrogen-bond donors (Lipinski definition) is 0. The Balaban J connectivity index is 2.95. The van der Waals surface area contributed by atoms with Crippen LogP contribution < -0.4 is 4.74 Å². The molecule has 0 bridgehead atoms. The second-order valence-corrected chi connectivity index (χ2v) is 4.25. The van der Waals surface area contributed by atoms with Crippen molar-refractivity contribution >= 4 is 5.97 Å². The van der Waals surface area contributed by atoms with Crippen LogP contribution in [0.1, 0.15) is 26.3 Å². The van der Waals surface area contributed by atoms with Crippen LogP contribution in [0.4, 0.5) is 4.39 Å². The van der Waals surface area contributed by atoms with Crippen LogP contribution in [0.15, 0.2) is 18.2 Å². The number of carbonyl (C=O) groups is 1. The van der Waals surface area contributed by atoms with Crippen LogP contribution in [-0.4, -0.2) is 18.7 Å². The highest BCUT2D eigenvalue weighted by atomic mass is 19.1. The van der Waals surface area contributed by atoms with Gasteiger partial charge in [0, 0.05) is 6.07 Å². The maximum Gasteiger partial charge on any atom is 0.349 e. The van der Waals surface area contributed by atoms with E-state index in [1.807, 2.05) is 6.92 Å². The molecule has 1 rings (SSSR count). The molecule has 0 aromatic heterocycles. The zero-order valence-electron chi connectivity index (χ0n) is 10.5. The molecule has 0 aliphatic heterocycles. The van der Waals surface area contributed by atoms with Crippen LogP contribution in [0.5, 0.6) is 5.75 Å². The fourth-order valence-corrected chi connectivity index (χ4v) is 1.47. The number of rotatable bonds is 4. The van der Waals surface area contributed by atoms with Crippen molar-refractivity contribution in [2.24, 2.45) is 0 Å². The minimum absolute atomic E-state index is 0.331. The number of halogens is 1. The molecule has 0 radical (unpaired) electrons. The monoisotopic (exact) mass is 240 g/mol. The van der Waals surface area contributed by atoms with Crippen LogP contribution in [0.2, 0.25) is 0 Å². The molecule has 17 heavy (non-hydrogen) atoms. The quantitative estimate of drug-likeness (QED) is 0.759. The lowest BCUT2D eigenvalue weighted by molar-refractivity contribution is -0.156. The molecule has 0 spiro atoms. The van der Waals surface area contributed by atoms with E-state index in [0.717, 1.165) is 5.56 Å². The van der Waals surface area contributed by atoms with Crippen LogP contribution in [0, 0.1) is 5.82 Å². The summed E-state index contributed by atoms with van der Waals surface area (Å²) in [6, 6.07) is 4.41. The van der Waals surface area contributed by atoms with Crippen LogP contribution in [-0.2, 0) is 16.0 Å². The maximum absolute atomic E-state index is 13.3. The molecule has 94 valence electrons. The number of hydrogen-bond acceptors (Lipinski definition) is 3. The Hall–Kier alpha value is -1.58. The molecule has 0 aliphatic carbocycles. The Bertz CT molecular complexity index is 413. The average Bonchev–Trinajstić information content (AvgIpc) is 2.26. The molecule has 0 unspecified atom stereocenters. The predicted molar refractivity (Wildman–Crippen MR) is 62.5 cm³/mol. The molecule has 0 heterocycles. The van der Waals surface area contributed by atoms with Crippen LogP contribution >= 0.6 is 0 Å². The SMILES string of the molecule is CCc1cc(F)cc(OC(C)(C)C(=O)OC)c1. The summed E-state index contributed by atoms with van der Waals surface area (Å²) in [5, 5.41) is 0. The number of ether oxygens (including phenoxy) is 2. The van der Waals surface area contributed by atoms with Crippen LogP contribution in [0.25, 0.3) is 0 Å². The molecule has 1 aromatic carbocycles. The minimum Gasteiger partial charge on any atom is -0.476 e. The third-order valence-electron chi connectivity index (χ3n) is 2.39. The summed E-state index contributed by atoms with van der Waals surface area (Å²) in [5.74, 6) is -0.544. The Morgan fingerprint density at radius 1 is 1.35 bits per heavy atom. The van der Waals surface area contributed by atoms with Crippen molar-refractivity contribution in [1.82, 2.24) is 0 Å². The molecule has 0 fully saturated rings. The Labute approximate surface area is 101 Å². The van der Waals surface area contributed by atoms with Crippen molar-refractivity contribution < 1.29 is 18.7 Å². The second-order valence-electron chi connectivity index (χ2n) is 4.25. The maximum atomic E-state index is 13.3. The van der Waals surface area contributed by atoms with E-state index in [-0.39, 0.29) is 5.82 Å². The molecule has 0 N–H and O–H groups in total. The summed E-state index contributed by atoms with van der Waals surface area (Å²) in [7, 11) is 1.29. The summed E-state index contributed by atoms with van der Waals surface area (Å²) in [6.45, 7) is 5.08. The van der Waals surface area contributed by atoms with Gasteiger partial charge in [0.15, 0.2) is 5.60 Å². The Kier molecular flexibility index (Phi) is 4.10. The van der Waals surface area contributed by atoms with Gasteiger partial charge in [-0.05, 0) is 38.0 Å². The van der Waals surface area contributed by atoms with E-state index in [9.17, 15) is 9.18 Å². The van der Waals surface area contributed by atoms with Gasteiger partial charge in [0.25, 0.3) is 0 Å². The smallest absolute Gasteiger partial charge is 0.349 e. The molecule has 0 saturated carbocycles. The first-order valence-corrected chi connectivity index (χ1v) is 5.46. The molecule has 0 saturated heterocycles. The predicted octanol–water partition coefficient (Wildman–Crippen LogP) is 2.72. The van der Waals surface area contributed by atoms with Gasteiger partial charge in [-0.15, -0.1) is 0 Å². The van der Waals surface area contributed by atoms with Gasteiger partial charge in [-0.2, -0.15) is 0 Å². The summed E-state index contributed by atoms with van der Waals surface area (Å²) in [5.41, 5.74) is -0.311. The lowest BCUT2D eigenvalue weighted by Crippen LogP contribution is -2.39. The highest BCUT2D eigenvalue weighted by Gasteiger charge is 2.31. The van der Waals surface area contributed by atoms with Gasteiger partial charge < -0.3 is 9.47 Å². The van der Waals surface area contributed by atoms with Crippen molar-refractivity contribution in [2.75, 3.05) is 7.11 Å². The first kappa shape index (κ1) is 13.5. The average molecular weight is 240 g/mol. The highest BCUT2D eigenvalue weighted by Crippen LogP contribution is 2.22. The van der Waals surface area contributed by atoms with Crippen molar-refractivity contribution in [1.29, 1.82) is 0 Å². The highest BCUT2D eigenvalue weighted by molar-refractivity contribution is 5.78. The molecule has 4 heteroatoms. The van der Waals surface area contributed by atoms with E-state index in [1.165, 1.54) is 19.2 Å². The summed E-state index contributed by atoms with van der Waals surface area (Å²) in [4.78, 5) is 11.4. The van der Waals surface area contributed by atoms with E-state index in [1.54, 1.807) is 19.9 Å². The summed E-state index contributed by atoms with van der Waals surface area (Å²) in [6.07, 6.45) is 0.701. The van der Waals surface area contributed by atoms with Crippen molar-refractivity contribution in [2.45, 2.75) is 32.8 Å². The number of methoxy groups -OCH3 is 1. The second kappa shape index (κ2) is 5.17. The fraction of sp³-hybridized carbons (Fsp3) is 0.462. The van der Waals surface area contributed by atoms with Gasteiger partial charge in [-0.3, -0.25) is 0 Å². The van der Waals surface area contributed by atoms with Gasteiger partial charge in [-0.1, -0.05) is 6.92 Å². The van der Waals surface area contributed by atoms with Crippen molar-refractivity contribution in [3.05, 3.63) is 29.6 Å². The fourth-order valence-electron chi connectivity index (χ4n) is 1.47. The minimum atomic E-state index is -1.13. The van der Waals surface area contributed by atoms with E-state index in [0.29, 0.717) is 12.2 Å². The standard InChI is InChI=1S/C13H17FO3/c1-5-9-6-10(14)8-11(7-9)17-13(2,3)12(15)16-4/h6-8H,5H2,1-4H3. The molecule has 0 amide bonds. The summed E-state index contributed by atoms with van der Waals surface area (Å²) >= 11 is 0. The third-order valence-corrected chi connectivity index (χ3v) is 2.39. The first-order valence-electron chi connectivity index (χ1n) is 5.46. The normalized spacial score (nSPS) is 11.1. The largest absolute Gasteiger partial charge is 0.476 e. The zero-order valence-corrected chi connectivity index (χ0v) is 10.5. The van der Waals surface area contributed by atoms with Crippen molar-refractivity contribution in [3.63, 3.8) is 0 Å². The van der Waals surface area contributed by atoms with Crippen LogP contribution in [0.3, 0.4) is 0 Å². The molecule has 0 atom stereocenters. The van der Waals surface area contributed by atoms with Crippen molar-refractivity contribution in [3.8, 4) is 5.75 Å². The number of esters is 1. The van der Waals surface area contributed by atoms with Gasteiger partial charge in [0.1, 0.15) is 11.6 Å².